The third-order valence-electron chi connectivity index (χ3n) is 2.89. The van der Waals surface area contributed by atoms with Gasteiger partial charge < -0.3 is 0 Å². The molecule has 1 nitrogen and oxygen atoms in total. The van der Waals surface area contributed by atoms with Crippen LogP contribution in [-0.4, -0.2) is 10.7 Å². The van der Waals surface area contributed by atoms with E-state index in [1.807, 2.05) is 24.0 Å². The van der Waals surface area contributed by atoms with Crippen LogP contribution in [-0.2, 0) is 0 Å². The van der Waals surface area contributed by atoms with E-state index in [1.54, 1.807) is 0 Å². The molecule has 0 N–H and O–H groups in total. The highest BCUT2D eigenvalue weighted by atomic mass is 32.2. The van der Waals surface area contributed by atoms with E-state index in [4.69, 9.17) is 0 Å². The summed E-state index contributed by atoms with van der Waals surface area (Å²) in [5, 5.41) is 1.16. The summed E-state index contributed by atoms with van der Waals surface area (Å²) < 4.78 is 0. The Morgan fingerprint density at radius 3 is 2.29 bits per heavy atom. The molecule has 0 unspecified atom stereocenters. The molecule has 0 bridgehead atoms. The molecule has 0 aliphatic heterocycles. The van der Waals surface area contributed by atoms with E-state index in [0.717, 1.165) is 5.03 Å². The largest absolute Gasteiger partial charge is 0.250 e. The molecule has 2 heteroatoms. The highest BCUT2D eigenvalue weighted by Gasteiger charge is 1.94. The lowest BCUT2D eigenvalue weighted by molar-refractivity contribution is 0.586. The minimum Gasteiger partial charge on any atom is -0.250 e. The van der Waals surface area contributed by atoms with Crippen molar-refractivity contribution in [3.05, 3.63) is 24.4 Å². The van der Waals surface area contributed by atoms with Crippen molar-refractivity contribution in [2.45, 2.75) is 63.3 Å². The van der Waals surface area contributed by atoms with Crippen LogP contribution >= 0.6 is 11.8 Å². The Bertz CT molecular complexity index is 261. The van der Waals surface area contributed by atoms with Crippen LogP contribution in [0.1, 0.15) is 58.3 Å². The van der Waals surface area contributed by atoms with Crippen LogP contribution in [0.2, 0.25) is 0 Å². The number of aromatic nitrogens is 1. The van der Waals surface area contributed by atoms with Crippen LogP contribution in [0.3, 0.4) is 0 Å². The first-order chi connectivity index (χ1) is 8.43. The summed E-state index contributed by atoms with van der Waals surface area (Å²) in [6.45, 7) is 2.27. The Labute approximate surface area is 110 Å². The second kappa shape index (κ2) is 10.6. The van der Waals surface area contributed by atoms with E-state index in [-0.39, 0.29) is 0 Å². The fourth-order valence-electron chi connectivity index (χ4n) is 1.85. The summed E-state index contributed by atoms with van der Waals surface area (Å²) in [7, 11) is 0. The van der Waals surface area contributed by atoms with Gasteiger partial charge in [-0.2, -0.15) is 0 Å². The fourth-order valence-corrected chi connectivity index (χ4v) is 2.71. The first-order valence-electron chi connectivity index (χ1n) is 6.97. The van der Waals surface area contributed by atoms with Gasteiger partial charge in [0.05, 0.1) is 5.03 Å². The lowest BCUT2D eigenvalue weighted by Gasteiger charge is -2.01. The average Bonchev–Trinajstić information content (AvgIpc) is 2.38. The zero-order valence-corrected chi connectivity index (χ0v) is 11.8. The van der Waals surface area contributed by atoms with Crippen molar-refractivity contribution in [3.8, 4) is 0 Å². The van der Waals surface area contributed by atoms with Crippen molar-refractivity contribution < 1.29 is 0 Å². The van der Waals surface area contributed by atoms with Crippen LogP contribution in [0, 0.1) is 0 Å². The minimum absolute atomic E-state index is 1.16. The van der Waals surface area contributed by atoms with Crippen LogP contribution in [0.15, 0.2) is 29.4 Å². The van der Waals surface area contributed by atoms with Gasteiger partial charge in [-0.25, -0.2) is 4.98 Å². The predicted octanol–water partition coefficient (Wildman–Crippen LogP) is 5.31. The van der Waals surface area contributed by atoms with Gasteiger partial charge in [0, 0.05) is 6.20 Å². The topological polar surface area (TPSA) is 12.9 Å². The van der Waals surface area contributed by atoms with Gasteiger partial charge in [-0.15, -0.1) is 11.8 Å². The summed E-state index contributed by atoms with van der Waals surface area (Å²) in [5.74, 6) is 1.21. The monoisotopic (exact) mass is 251 g/mol. The Kier molecular flexibility index (Phi) is 9.11. The van der Waals surface area contributed by atoms with E-state index in [9.17, 15) is 0 Å². The number of rotatable bonds is 10. The first kappa shape index (κ1) is 14.6. The second-order valence-electron chi connectivity index (χ2n) is 4.49. The molecular formula is C15H25NS. The van der Waals surface area contributed by atoms with E-state index in [0.29, 0.717) is 0 Å². The van der Waals surface area contributed by atoms with E-state index < -0.39 is 0 Å². The number of thioether (sulfide) groups is 1. The van der Waals surface area contributed by atoms with Gasteiger partial charge in [0.25, 0.3) is 0 Å². The van der Waals surface area contributed by atoms with E-state index in [1.165, 1.54) is 57.1 Å². The second-order valence-corrected chi connectivity index (χ2v) is 5.61. The molecule has 17 heavy (non-hydrogen) atoms. The van der Waals surface area contributed by atoms with Gasteiger partial charge in [0.15, 0.2) is 0 Å². The Morgan fingerprint density at radius 2 is 1.65 bits per heavy atom. The summed E-state index contributed by atoms with van der Waals surface area (Å²) in [4.78, 5) is 4.31. The minimum atomic E-state index is 1.16. The third kappa shape index (κ3) is 8.25. The normalized spacial score (nSPS) is 10.6. The quantitative estimate of drug-likeness (QED) is 0.412. The highest BCUT2D eigenvalue weighted by molar-refractivity contribution is 7.99. The smallest absolute Gasteiger partial charge is 0.0959 e. The molecule has 0 radical (unpaired) electrons. The molecule has 0 atom stereocenters. The number of hydrogen-bond acceptors (Lipinski definition) is 2. The molecule has 0 spiro atoms. The Morgan fingerprint density at radius 1 is 0.941 bits per heavy atom. The standard InChI is InChI=1S/C15H25NS/c1-2-3-4-5-6-7-8-11-14-17-15-12-9-10-13-16-15/h9-10,12-13H,2-8,11,14H2,1H3. The number of pyridine rings is 1. The third-order valence-corrected chi connectivity index (χ3v) is 3.92. The molecule has 0 saturated heterocycles. The number of nitrogens with zero attached hydrogens (tertiary/aromatic N) is 1. The zero-order chi connectivity index (χ0) is 12.2. The summed E-state index contributed by atoms with van der Waals surface area (Å²) in [6.07, 6.45) is 13.0. The fraction of sp³-hybridized carbons (Fsp3) is 0.667. The molecule has 0 fully saturated rings. The van der Waals surface area contributed by atoms with E-state index in [2.05, 4.69) is 24.0 Å². The van der Waals surface area contributed by atoms with Crippen molar-refractivity contribution in [2.24, 2.45) is 0 Å². The van der Waals surface area contributed by atoms with Crippen molar-refractivity contribution in [1.29, 1.82) is 0 Å². The van der Waals surface area contributed by atoms with Crippen molar-refractivity contribution >= 4 is 11.8 Å². The first-order valence-corrected chi connectivity index (χ1v) is 7.96. The molecule has 96 valence electrons. The molecule has 0 aliphatic carbocycles. The molecule has 1 aromatic rings. The zero-order valence-electron chi connectivity index (χ0n) is 11.0. The van der Waals surface area contributed by atoms with Gasteiger partial charge in [0.2, 0.25) is 0 Å². The predicted molar refractivity (Wildman–Crippen MR) is 77.6 cm³/mol. The van der Waals surface area contributed by atoms with Gasteiger partial charge in [-0.3, -0.25) is 0 Å². The molecule has 1 aromatic heterocycles. The van der Waals surface area contributed by atoms with Gasteiger partial charge in [0.1, 0.15) is 0 Å². The summed E-state index contributed by atoms with van der Waals surface area (Å²) in [6, 6.07) is 6.12. The SMILES string of the molecule is CCCCCCCCCCSc1ccccn1. The lowest BCUT2D eigenvalue weighted by Crippen LogP contribution is -1.84. The van der Waals surface area contributed by atoms with Gasteiger partial charge in [-0.1, -0.05) is 57.9 Å². The van der Waals surface area contributed by atoms with Crippen LogP contribution in [0.4, 0.5) is 0 Å². The number of hydrogen-bond donors (Lipinski definition) is 0. The highest BCUT2D eigenvalue weighted by Crippen LogP contribution is 2.17. The lowest BCUT2D eigenvalue weighted by atomic mass is 10.1. The van der Waals surface area contributed by atoms with Crippen molar-refractivity contribution in [2.75, 3.05) is 5.75 Å². The molecule has 0 aliphatic rings. The molecular weight excluding hydrogens is 226 g/mol. The maximum Gasteiger partial charge on any atom is 0.0959 e. The summed E-state index contributed by atoms with van der Waals surface area (Å²) >= 11 is 1.88. The average molecular weight is 251 g/mol. The Hall–Kier alpha value is -0.500. The maximum absolute atomic E-state index is 4.31. The van der Waals surface area contributed by atoms with Crippen molar-refractivity contribution in [1.82, 2.24) is 4.98 Å². The molecule has 1 rings (SSSR count). The molecule has 0 aromatic carbocycles. The van der Waals surface area contributed by atoms with Crippen molar-refractivity contribution in [3.63, 3.8) is 0 Å². The molecule has 1 heterocycles. The van der Waals surface area contributed by atoms with Gasteiger partial charge in [-0.05, 0) is 24.3 Å². The van der Waals surface area contributed by atoms with Crippen LogP contribution < -0.4 is 0 Å². The van der Waals surface area contributed by atoms with Crippen LogP contribution in [0.25, 0.3) is 0 Å². The molecule has 0 saturated carbocycles. The van der Waals surface area contributed by atoms with Crippen LogP contribution in [0.5, 0.6) is 0 Å². The maximum atomic E-state index is 4.31. The van der Waals surface area contributed by atoms with E-state index >= 15 is 0 Å². The van der Waals surface area contributed by atoms with Gasteiger partial charge >= 0.3 is 0 Å². The number of unbranched alkanes of at least 4 members (excludes halogenated alkanes) is 7. The summed E-state index contributed by atoms with van der Waals surface area (Å²) in [5.41, 5.74) is 0. The Balaban J connectivity index is 1.85. The molecule has 0 amide bonds.